The van der Waals surface area contributed by atoms with Gasteiger partial charge in [-0.05, 0) is 73.7 Å². The van der Waals surface area contributed by atoms with Crippen molar-refractivity contribution in [3.8, 4) is 5.75 Å². The Hall–Kier alpha value is -5.81. The van der Waals surface area contributed by atoms with Crippen LogP contribution in [-0.2, 0) is 29.3 Å². The fourth-order valence-electron chi connectivity index (χ4n) is 9.75. The molecule has 6 unspecified atom stereocenters. The van der Waals surface area contributed by atoms with Crippen LogP contribution in [0.2, 0.25) is 0 Å². The number of phenolic OH excluding ortho intramolecular Hbond substituents is 1. The molecule has 11 heteroatoms. The molecule has 10 nitrogen and oxygen atoms in total. The number of amides is 4. The molecule has 2 aliphatic carbocycles. The predicted octanol–water partition coefficient (Wildman–Crippen LogP) is 5.87. The van der Waals surface area contributed by atoms with Crippen molar-refractivity contribution in [3.05, 3.63) is 131 Å². The fourth-order valence-corrected chi connectivity index (χ4v) is 9.75. The third-order valence-electron chi connectivity index (χ3n) is 12.2. The molecular formula is C43H39FN4O6. The summed E-state index contributed by atoms with van der Waals surface area (Å²) in [6.45, 7) is 4.67. The summed E-state index contributed by atoms with van der Waals surface area (Å²) in [6.07, 6.45) is 2.19. The Balaban J connectivity index is 1.16. The number of para-hydroxylation sites is 1. The van der Waals surface area contributed by atoms with Gasteiger partial charge in [-0.1, -0.05) is 71.8 Å². The molecule has 1 saturated carbocycles. The van der Waals surface area contributed by atoms with Crippen LogP contribution >= 0.6 is 0 Å². The highest BCUT2D eigenvalue weighted by molar-refractivity contribution is 6.22. The first-order chi connectivity index (χ1) is 26.2. The molecule has 4 aromatic carbocycles. The summed E-state index contributed by atoms with van der Waals surface area (Å²) in [5, 5.41) is 12.5. The number of carbonyl (C=O) groups excluding carboxylic acids is 4. The van der Waals surface area contributed by atoms with Crippen molar-refractivity contribution >= 4 is 40.7 Å². The number of imide groups is 2. The minimum Gasteiger partial charge on any atom is -0.505 e. The molecule has 4 aromatic rings. The minimum atomic E-state index is -1.61. The number of carbonyl (C=O) groups is 4. The predicted molar refractivity (Wildman–Crippen MR) is 199 cm³/mol. The maximum absolute atomic E-state index is 15.4. The number of hydrogen-bond acceptors (Lipinski definition) is 8. The van der Waals surface area contributed by atoms with Crippen LogP contribution in [0.25, 0.3) is 0 Å². The average Bonchev–Trinajstić information content (AvgIpc) is 3.58. The highest BCUT2D eigenvalue weighted by Crippen LogP contribution is 2.65. The van der Waals surface area contributed by atoms with E-state index in [0.717, 1.165) is 35.4 Å². The number of aryl methyl sites for hydroxylation is 1. The van der Waals surface area contributed by atoms with E-state index < -0.39 is 58.4 Å². The van der Waals surface area contributed by atoms with Gasteiger partial charge in [-0.25, -0.2) is 4.39 Å². The van der Waals surface area contributed by atoms with Gasteiger partial charge in [-0.2, -0.15) is 5.01 Å². The van der Waals surface area contributed by atoms with Crippen LogP contribution in [0.3, 0.4) is 0 Å². The number of anilines is 3. The number of aromatic hydroxyl groups is 1. The highest BCUT2D eigenvalue weighted by Gasteiger charge is 2.70. The molecule has 3 saturated heterocycles. The van der Waals surface area contributed by atoms with E-state index in [0.29, 0.717) is 35.7 Å². The van der Waals surface area contributed by atoms with E-state index in [9.17, 15) is 19.5 Å². The van der Waals surface area contributed by atoms with E-state index in [4.69, 9.17) is 4.74 Å². The number of morpholine rings is 1. The Kier molecular flexibility index (Phi) is 8.15. The summed E-state index contributed by atoms with van der Waals surface area (Å²) in [7, 11) is 0. The van der Waals surface area contributed by atoms with Gasteiger partial charge in [0.2, 0.25) is 11.8 Å². The molecule has 4 amide bonds. The first-order valence-corrected chi connectivity index (χ1v) is 18.4. The number of rotatable bonds is 6. The van der Waals surface area contributed by atoms with Crippen molar-refractivity contribution in [2.45, 2.75) is 31.1 Å². The fraction of sp³-hybridized carbons (Fsp3) is 0.302. The molecule has 0 aromatic heterocycles. The quantitative estimate of drug-likeness (QED) is 0.187. The minimum absolute atomic E-state index is 0.0912. The Labute approximate surface area is 311 Å². The largest absolute Gasteiger partial charge is 0.505 e. The summed E-state index contributed by atoms with van der Waals surface area (Å²) in [6, 6.07) is 27.8. The van der Waals surface area contributed by atoms with Crippen LogP contribution in [0.1, 0.15) is 35.4 Å². The van der Waals surface area contributed by atoms with Gasteiger partial charge in [0.15, 0.2) is 11.6 Å². The zero-order valence-corrected chi connectivity index (χ0v) is 29.7. The third kappa shape index (κ3) is 5.01. The standard InChI is InChI=1S/C43H39FN4O6/c1-25-10-12-27(13-11-25)45-48-40(51)34-24-33-30(37(32-8-5-9-35(44)38(32)49)43(34,42(48)53)26-6-3-2-4-7-26)18-19-31-36(33)41(52)47(39(31)50)29-16-14-28(15-17-29)46-20-22-54-23-21-46/h2-18,31,33-34,36-37,45,49H,19-24H2,1H3. The number of nitrogens with one attached hydrogen (secondary N) is 1. The molecule has 0 spiro atoms. The maximum Gasteiger partial charge on any atom is 0.260 e. The van der Waals surface area contributed by atoms with Crippen LogP contribution in [-0.4, -0.2) is 60.0 Å². The van der Waals surface area contributed by atoms with Crippen molar-refractivity contribution in [2.24, 2.45) is 23.7 Å². The average molecular weight is 727 g/mol. The second-order valence-corrected chi connectivity index (χ2v) is 14.9. The van der Waals surface area contributed by atoms with Gasteiger partial charge in [0.1, 0.15) is 0 Å². The van der Waals surface area contributed by atoms with Crippen molar-refractivity contribution in [1.82, 2.24) is 5.01 Å². The number of halogens is 1. The summed E-state index contributed by atoms with van der Waals surface area (Å²) in [5.41, 5.74) is 5.72. The molecule has 274 valence electrons. The summed E-state index contributed by atoms with van der Waals surface area (Å²) in [4.78, 5) is 62.3. The van der Waals surface area contributed by atoms with Crippen LogP contribution in [0, 0.1) is 36.4 Å². The molecule has 5 aliphatic rings. The number of fused-ring (bicyclic) bond motifs is 4. The van der Waals surface area contributed by atoms with Gasteiger partial charge in [0, 0.05) is 30.3 Å². The topological polar surface area (TPSA) is 119 Å². The van der Waals surface area contributed by atoms with Gasteiger partial charge in [-0.3, -0.25) is 29.5 Å². The lowest BCUT2D eigenvalue weighted by Gasteiger charge is -2.50. The Morgan fingerprint density at radius 3 is 2.22 bits per heavy atom. The molecule has 6 atom stereocenters. The molecular weight excluding hydrogens is 687 g/mol. The van der Waals surface area contributed by atoms with E-state index in [1.807, 2.05) is 43.3 Å². The number of nitrogens with zero attached hydrogens (tertiary/aromatic N) is 3. The second kappa shape index (κ2) is 12.9. The maximum atomic E-state index is 15.4. The number of hydrogen-bond donors (Lipinski definition) is 2. The van der Waals surface area contributed by atoms with Crippen LogP contribution in [0.4, 0.5) is 21.5 Å². The zero-order valence-electron chi connectivity index (χ0n) is 29.7. The van der Waals surface area contributed by atoms with E-state index in [-0.39, 0.29) is 30.2 Å². The van der Waals surface area contributed by atoms with Crippen molar-refractivity contribution in [1.29, 1.82) is 0 Å². The van der Waals surface area contributed by atoms with Crippen molar-refractivity contribution in [2.75, 3.05) is 41.5 Å². The lowest BCUT2D eigenvalue weighted by molar-refractivity contribution is -0.138. The number of allylic oxidation sites excluding steroid dienone is 2. The van der Waals surface area contributed by atoms with E-state index in [1.165, 1.54) is 11.0 Å². The molecule has 0 bridgehead atoms. The molecule has 9 rings (SSSR count). The highest BCUT2D eigenvalue weighted by atomic mass is 19.1. The number of phenols is 1. The number of ether oxygens (including phenoxy) is 1. The number of hydrazine groups is 1. The molecule has 3 heterocycles. The second-order valence-electron chi connectivity index (χ2n) is 14.9. The van der Waals surface area contributed by atoms with Gasteiger partial charge in [0.05, 0.1) is 47.8 Å². The lowest BCUT2D eigenvalue weighted by atomic mass is 9.49. The molecule has 0 radical (unpaired) electrons. The summed E-state index contributed by atoms with van der Waals surface area (Å²) < 4.78 is 20.8. The van der Waals surface area contributed by atoms with E-state index in [2.05, 4.69) is 10.3 Å². The SMILES string of the molecule is Cc1ccc(NN2C(=O)C3CC4C(=CCC5C(=O)N(c6ccc(N7CCOCC7)cc6)C(=O)C54)C(c4cccc(F)c4O)C3(c3ccccc3)C2=O)cc1. The van der Waals surface area contributed by atoms with Gasteiger partial charge >= 0.3 is 0 Å². The smallest absolute Gasteiger partial charge is 0.260 e. The van der Waals surface area contributed by atoms with Crippen LogP contribution < -0.4 is 15.2 Å². The first kappa shape index (κ1) is 34.0. The lowest BCUT2D eigenvalue weighted by Crippen LogP contribution is -2.53. The van der Waals surface area contributed by atoms with Crippen LogP contribution in [0.15, 0.2) is 109 Å². The van der Waals surface area contributed by atoms with Crippen LogP contribution in [0.5, 0.6) is 5.75 Å². The molecule has 3 aliphatic heterocycles. The van der Waals surface area contributed by atoms with Gasteiger partial charge in [-0.15, -0.1) is 0 Å². The van der Waals surface area contributed by atoms with Crippen molar-refractivity contribution in [3.63, 3.8) is 0 Å². The normalized spacial score (nSPS) is 27.8. The molecule has 54 heavy (non-hydrogen) atoms. The van der Waals surface area contributed by atoms with E-state index >= 15 is 9.18 Å². The first-order valence-electron chi connectivity index (χ1n) is 18.4. The van der Waals surface area contributed by atoms with E-state index in [1.54, 1.807) is 54.6 Å². The Bertz CT molecular complexity index is 2200. The summed E-state index contributed by atoms with van der Waals surface area (Å²) >= 11 is 0. The Morgan fingerprint density at radius 2 is 1.50 bits per heavy atom. The third-order valence-corrected chi connectivity index (χ3v) is 12.2. The molecule has 4 fully saturated rings. The number of benzene rings is 4. The molecule has 2 N–H and O–H groups in total. The summed E-state index contributed by atoms with van der Waals surface area (Å²) in [5.74, 6) is -7.46. The van der Waals surface area contributed by atoms with Gasteiger partial charge in [0.25, 0.3) is 11.8 Å². The monoisotopic (exact) mass is 726 g/mol. The van der Waals surface area contributed by atoms with Gasteiger partial charge < -0.3 is 14.7 Å². The van der Waals surface area contributed by atoms with Crippen molar-refractivity contribution < 1.29 is 33.4 Å². The Morgan fingerprint density at radius 1 is 0.796 bits per heavy atom. The zero-order chi connectivity index (χ0) is 37.3.